The van der Waals surface area contributed by atoms with Gasteiger partial charge in [0.05, 0.1) is 13.2 Å². The molecule has 1 aromatic carbocycles. The van der Waals surface area contributed by atoms with Crippen LogP contribution in [-0.4, -0.2) is 18.6 Å². The normalized spacial score (nSPS) is 12.8. The van der Waals surface area contributed by atoms with Crippen LogP contribution in [0, 0.1) is 12.8 Å². The highest BCUT2D eigenvalue weighted by atomic mass is 32.2. The lowest BCUT2D eigenvalue weighted by atomic mass is 10.0. The van der Waals surface area contributed by atoms with Crippen LogP contribution in [0.5, 0.6) is 5.75 Å². The fourth-order valence-corrected chi connectivity index (χ4v) is 2.93. The highest BCUT2D eigenvalue weighted by Crippen LogP contribution is 2.25. The summed E-state index contributed by atoms with van der Waals surface area (Å²) >= 11 is 1.93. The van der Waals surface area contributed by atoms with Crippen LogP contribution >= 0.6 is 11.8 Å². The molecular formula is C14H24N2OS. The van der Waals surface area contributed by atoms with E-state index in [-0.39, 0.29) is 6.04 Å². The van der Waals surface area contributed by atoms with Crippen LogP contribution in [0.3, 0.4) is 0 Å². The second-order valence-electron chi connectivity index (χ2n) is 4.87. The lowest BCUT2D eigenvalue weighted by Crippen LogP contribution is -2.30. The van der Waals surface area contributed by atoms with Crippen molar-refractivity contribution < 1.29 is 4.74 Å². The largest absolute Gasteiger partial charge is 0.497 e. The van der Waals surface area contributed by atoms with E-state index < -0.39 is 0 Å². The van der Waals surface area contributed by atoms with Gasteiger partial charge < -0.3 is 4.74 Å². The molecule has 0 aliphatic carbocycles. The zero-order chi connectivity index (χ0) is 13.5. The number of rotatable bonds is 7. The van der Waals surface area contributed by atoms with E-state index in [2.05, 4.69) is 32.3 Å². The molecule has 3 N–H and O–H groups in total. The quantitative estimate of drug-likeness (QED) is 0.589. The minimum Gasteiger partial charge on any atom is -0.497 e. The van der Waals surface area contributed by atoms with Crippen LogP contribution in [0.1, 0.15) is 31.0 Å². The smallest absolute Gasteiger partial charge is 0.119 e. The Bertz CT molecular complexity index is 369. The third kappa shape index (κ3) is 4.52. The van der Waals surface area contributed by atoms with Crippen molar-refractivity contribution in [2.45, 2.75) is 26.8 Å². The Morgan fingerprint density at radius 2 is 2.06 bits per heavy atom. The van der Waals surface area contributed by atoms with Crippen molar-refractivity contribution >= 4 is 11.8 Å². The first-order valence-corrected chi connectivity index (χ1v) is 7.42. The van der Waals surface area contributed by atoms with E-state index in [1.807, 2.05) is 23.9 Å². The molecule has 0 aromatic heterocycles. The summed E-state index contributed by atoms with van der Waals surface area (Å²) in [6.07, 6.45) is 0. The Balaban J connectivity index is 2.69. The van der Waals surface area contributed by atoms with Crippen molar-refractivity contribution in [3.8, 4) is 5.75 Å². The van der Waals surface area contributed by atoms with E-state index in [1.54, 1.807) is 7.11 Å². The van der Waals surface area contributed by atoms with Gasteiger partial charge in [-0.05, 0) is 41.9 Å². The number of hydrazine groups is 1. The molecule has 3 nitrogen and oxygen atoms in total. The number of aryl methyl sites for hydroxylation is 1. The van der Waals surface area contributed by atoms with Crippen molar-refractivity contribution in [1.29, 1.82) is 0 Å². The van der Waals surface area contributed by atoms with Crippen LogP contribution in [-0.2, 0) is 0 Å². The van der Waals surface area contributed by atoms with Crippen molar-refractivity contribution in [1.82, 2.24) is 5.43 Å². The molecule has 0 radical (unpaired) electrons. The fourth-order valence-electron chi connectivity index (χ4n) is 1.82. The molecule has 0 fully saturated rings. The summed E-state index contributed by atoms with van der Waals surface area (Å²) in [5, 5.41) is 0. The van der Waals surface area contributed by atoms with E-state index >= 15 is 0 Å². The number of hydrogen-bond acceptors (Lipinski definition) is 4. The van der Waals surface area contributed by atoms with Crippen LogP contribution in [0.25, 0.3) is 0 Å². The van der Waals surface area contributed by atoms with Crippen LogP contribution in [0.15, 0.2) is 18.2 Å². The Morgan fingerprint density at radius 3 is 2.56 bits per heavy atom. The second-order valence-corrected chi connectivity index (χ2v) is 5.95. The average Bonchev–Trinajstić information content (AvgIpc) is 2.35. The van der Waals surface area contributed by atoms with Gasteiger partial charge in [0.1, 0.15) is 5.75 Å². The monoisotopic (exact) mass is 268 g/mol. The summed E-state index contributed by atoms with van der Waals surface area (Å²) in [7, 11) is 1.69. The number of thioether (sulfide) groups is 1. The number of nitrogens with one attached hydrogen (secondary N) is 1. The number of hydrogen-bond donors (Lipinski definition) is 2. The van der Waals surface area contributed by atoms with E-state index in [0.717, 1.165) is 17.3 Å². The molecule has 1 unspecified atom stereocenters. The van der Waals surface area contributed by atoms with E-state index in [4.69, 9.17) is 10.6 Å². The summed E-state index contributed by atoms with van der Waals surface area (Å²) in [5.41, 5.74) is 5.36. The lowest BCUT2D eigenvalue weighted by Gasteiger charge is -2.19. The van der Waals surface area contributed by atoms with Crippen molar-refractivity contribution in [3.05, 3.63) is 29.3 Å². The molecule has 0 saturated heterocycles. The molecule has 102 valence electrons. The fraction of sp³-hybridized carbons (Fsp3) is 0.571. The zero-order valence-electron chi connectivity index (χ0n) is 11.7. The zero-order valence-corrected chi connectivity index (χ0v) is 12.5. The first-order valence-electron chi connectivity index (χ1n) is 6.26. The third-order valence-corrected chi connectivity index (χ3v) is 4.26. The molecule has 0 aliphatic rings. The summed E-state index contributed by atoms with van der Waals surface area (Å²) in [6, 6.07) is 6.32. The van der Waals surface area contributed by atoms with Gasteiger partial charge in [-0.1, -0.05) is 19.9 Å². The molecule has 0 bridgehead atoms. The molecule has 1 atom stereocenters. The van der Waals surface area contributed by atoms with Crippen LogP contribution < -0.4 is 16.0 Å². The van der Waals surface area contributed by atoms with Gasteiger partial charge in [0.15, 0.2) is 0 Å². The summed E-state index contributed by atoms with van der Waals surface area (Å²) in [5.74, 6) is 9.42. The van der Waals surface area contributed by atoms with E-state index in [0.29, 0.717) is 5.92 Å². The Labute approximate surface area is 114 Å². The number of methoxy groups -OCH3 is 1. The van der Waals surface area contributed by atoms with Crippen molar-refractivity contribution in [3.63, 3.8) is 0 Å². The maximum absolute atomic E-state index is 5.67. The van der Waals surface area contributed by atoms with Crippen LogP contribution in [0.4, 0.5) is 0 Å². The van der Waals surface area contributed by atoms with Gasteiger partial charge in [-0.25, -0.2) is 0 Å². The number of benzene rings is 1. The van der Waals surface area contributed by atoms with E-state index in [1.165, 1.54) is 11.1 Å². The molecule has 0 amide bonds. The highest BCUT2D eigenvalue weighted by Gasteiger charge is 2.13. The van der Waals surface area contributed by atoms with Gasteiger partial charge in [0.25, 0.3) is 0 Å². The summed E-state index contributed by atoms with van der Waals surface area (Å²) in [4.78, 5) is 0. The minimum absolute atomic E-state index is 0.194. The van der Waals surface area contributed by atoms with Gasteiger partial charge in [-0.15, -0.1) is 0 Å². The topological polar surface area (TPSA) is 47.3 Å². The predicted octanol–water partition coefficient (Wildman–Crippen LogP) is 2.90. The first-order chi connectivity index (χ1) is 8.58. The molecule has 1 rings (SSSR count). The Hall–Kier alpha value is -0.710. The molecule has 4 heteroatoms. The predicted molar refractivity (Wildman–Crippen MR) is 80.0 cm³/mol. The highest BCUT2D eigenvalue weighted by molar-refractivity contribution is 7.99. The molecule has 0 spiro atoms. The van der Waals surface area contributed by atoms with Gasteiger partial charge in [-0.2, -0.15) is 11.8 Å². The first kappa shape index (κ1) is 15.3. The molecular weight excluding hydrogens is 244 g/mol. The Morgan fingerprint density at radius 1 is 1.33 bits per heavy atom. The van der Waals surface area contributed by atoms with Crippen molar-refractivity contribution in [2.24, 2.45) is 11.8 Å². The molecule has 18 heavy (non-hydrogen) atoms. The minimum atomic E-state index is 0.194. The maximum Gasteiger partial charge on any atom is 0.119 e. The number of nitrogens with two attached hydrogens (primary N) is 1. The van der Waals surface area contributed by atoms with Gasteiger partial charge >= 0.3 is 0 Å². The summed E-state index contributed by atoms with van der Waals surface area (Å²) < 4.78 is 5.22. The molecule has 0 heterocycles. The second kappa shape index (κ2) is 7.67. The molecule has 0 saturated carbocycles. The standard InChI is InChI=1S/C14H24N2OS/c1-10(2)8-18-9-14(16-15)13-6-5-12(17-4)7-11(13)3/h5-7,10,14,16H,8-9,15H2,1-4H3. The SMILES string of the molecule is COc1ccc(C(CSCC(C)C)NN)c(C)c1. The van der Waals surface area contributed by atoms with E-state index in [9.17, 15) is 0 Å². The average molecular weight is 268 g/mol. The van der Waals surface area contributed by atoms with Gasteiger partial charge in [-0.3, -0.25) is 11.3 Å². The van der Waals surface area contributed by atoms with Crippen molar-refractivity contribution in [2.75, 3.05) is 18.6 Å². The maximum atomic E-state index is 5.67. The van der Waals surface area contributed by atoms with Gasteiger partial charge in [0, 0.05) is 5.75 Å². The Kier molecular flexibility index (Phi) is 6.54. The summed E-state index contributed by atoms with van der Waals surface area (Å²) in [6.45, 7) is 6.56. The number of ether oxygens (including phenoxy) is 1. The van der Waals surface area contributed by atoms with Crippen LogP contribution in [0.2, 0.25) is 0 Å². The molecule has 1 aromatic rings. The third-order valence-electron chi connectivity index (χ3n) is 2.79. The lowest BCUT2D eigenvalue weighted by molar-refractivity contribution is 0.414. The van der Waals surface area contributed by atoms with Gasteiger partial charge in [0.2, 0.25) is 0 Å². The molecule has 0 aliphatic heterocycles.